The predicted molar refractivity (Wildman–Crippen MR) is 81.6 cm³/mol. The molecular weight excluding hydrogens is 334 g/mol. The van der Waals surface area contributed by atoms with Gasteiger partial charge in [0, 0.05) is 13.1 Å². The second-order valence-corrected chi connectivity index (χ2v) is 5.93. The Morgan fingerprint density at radius 2 is 1.92 bits per heavy atom. The van der Waals surface area contributed by atoms with E-state index < -0.39 is 5.97 Å². The first kappa shape index (κ1) is 16.4. The van der Waals surface area contributed by atoms with Gasteiger partial charge in [0.15, 0.2) is 0 Å². The molecule has 1 amide bonds. The van der Waals surface area contributed by atoms with Gasteiger partial charge in [0.1, 0.15) is 0 Å². The van der Waals surface area contributed by atoms with Gasteiger partial charge in [0.25, 0.3) is 0 Å². The number of hydrogen-bond acceptors (Lipinski definition) is 8. The molecule has 0 atom stereocenters. The van der Waals surface area contributed by atoms with E-state index in [1.54, 1.807) is 17.0 Å². The second kappa shape index (κ2) is 7.41. The zero-order valence-electron chi connectivity index (χ0n) is 12.6. The van der Waals surface area contributed by atoms with Crippen LogP contribution in [0.5, 0.6) is 0 Å². The maximum absolute atomic E-state index is 12.2. The van der Waals surface area contributed by atoms with Gasteiger partial charge in [-0.3, -0.25) is 4.79 Å². The Balaban J connectivity index is 1.66. The van der Waals surface area contributed by atoms with Gasteiger partial charge in [-0.2, -0.15) is 4.68 Å². The van der Waals surface area contributed by atoms with Crippen molar-refractivity contribution in [3.8, 4) is 5.69 Å². The highest BCUT2D eigenvalue weighted by Crippen LogP contribution is 2.19. The van der Waals surface area contributed by atoms with Gasteiger partial charge < -0.3 is 19.5 Å². The van der Waals surface area contributed by atoms with E-state index in [2.05, 4.69) is 15.5 Å². The van der Waals surface area contributed by atoms with Crippen LogP contribution in [0.1, 0.15) is 10.4 Å². The summed E-state index contributed by atoms with van der Waals surface area (Å²) in [5.41, 5.74) is 0.676. The zero-order chi connectivity index (χ0) is 16.9. The van der Waals surface area contributed by atoms with Crippen molar-refractivity contribution in [3.05, 3.63) is 29.8 Å². The number of amides is 1. The van der Waals surface area contributed by atoms with Gasteiger partial charge in [-0.1, -0.05) is 23.9 Å². The van der Waals surface area contributed by atoms with Crippen molar-refractivity contribution >= 4 is 23.6 Å². The molecule has 2 aromatic rings. The molecule has 1 aromatic heterocycles. The normalized spacial score (nSPS) is 14.6. The molecule has 0 unspecified atom stereocenters. The lowest BCUT2D eigenvalue weighted by Gasteiger charge is -2.26. The third-order valence-electron chi connectivity index (χ3n) is 3.48. The lowest BCUT2D eigenvalue weighted by atomic mass is 10.2. The van der Waals surface area contributed by atoms with Crippen molar-refractivity contribution in [1.29, 1.82) is 0 Å². The summed E-state index contributed by atoms with van der Waals surface area (Å²) < 4.78 is 6.67. The fourth-order valence-electron chi connectivity index (χ4n) is 2.20. The molecule has 0 N–H and O–H groups in total. The molecule has 2 heterocycles. The van der Waals surface area contributed by atoms with E-state index in [0.29, 0.717) is 37.1 Å². The summed E-state index contributed by atoms with van der Waals surface area (Å²) >= 11 is 1.23. The van der Waals surface area contributed by atoms with E-state index in [1.165, 1.54) is 28.6 Å². The van der Waals surface area contributed by atoms with Crippen molar-refractivity contribution in [2.24, 2.45) is 0 Å². The number of carbonyl (C=O) groups is 2. The van der Waals surface area contributed by atoms with E-state index in [1.807, 2.05) is 0 Å². The molecular formula is C14H14N5O4S-. The molecule has 1 fully saturated rings. The summed E-state index contributed by atoms with van der Waals surface area (Å²) in [5.74, 6) is -1.02. The fourth-order valence-corrected chi connectivity index (χ4v) is 2.99. The van der Waals surface area contributed by atoms with Crippen molar-refractivity contribution in [2.75, 3.05) is 32.1 Å². The molecule has 3 rings (SSSR count). The molecule has 0 saturated carbocycles. The van der Waals surface area contributed by atoms with Crippen molar-refractivity contribution < 1.29 is 19.4 Å². The molecule has 0 radical (unpaired) electrons. The number of benzene rings is 1. The average molecular weight is 348 g/mol. The third kappa shape index (κ3) is 3.71. The van der Waals surface area contributed by atoms with E-state index in [-0.39, 0.29) is 17.2 Å². The molecule has 10 heteroatoms. The minimum absolute atomic E-state index is 0.00477. The van der Waals surface area contributed by atoms with Gasteiger partial charge in [-0.25, -0.2) is 0 Å². The zero-order valence-corrected chi connectivity index (χ0v) is 13.4. The number of nitrogens with zero attached hydrogens (tertiary/aromatic N) is 5. The lowest BCUT2D eigenvalue weighted by Crippen LogP contribution is -2.41. The molecule has 1 aliphatic rings. The number of carboxylic acid groups (broad SMARTS) is 1. The molecule has 126 valence electrons. The highest BCUT2D eigenvalue weighted by Gasteiger charge is 2.18. The second-order valence-electron chi connectivity index (χ2n) is 4.99. The number of carboxylic acids is 1. The van der Waals surface area contributed by atoms with Crippen LogP contribution < -0.4 is 5.11 Å². The van der Waals surface area contributed by atoms with Crippen LogP contribution in [-0.2, 0) is 9.53 Å². The summed E-state index contributed by atoms with van der Waals surface area (Å²) in [7, 11) is 0. The van der Waals surface area contributed by atoms with Crippen LogP contribution in [0.2, 0.25) is 0 Å². The first-order valence-corrected chi connectivity index (χ1v) is 8.22. The number of rotatable bonds is 5. The highest BCUT2D eigenvalue weighted by molar-refractivity contribution is 7.99. The summed E-state index contributed by atoms with van der Waals surface area (Å²) in [6, 6.07) is 5.99. The first-order chi connectivity index (χ1) is 11.6. The third-order valence-corrected chi connectivity index (χ3v) is 4.38. The minimum Gasteiger partial charge on any atom is -0.545 e. The Bertz CT molecular complexity index is 727. The highest BCUT2D eigenvalue weighted by atomic mass is 32.2. The summed E-state index contributed by atoms with van der Waals surface area (Å²) in [6.45, 7) is 2.29. The number of tetrazole rings is 1. The SMILES string of the molecule is O=C([O-])c1ccc(-n2nnnc2SCC(=O)N2CCOCC2)cc1. The Kier molecular flexibility index (Phi) is 5.06. The largest absolute Gasteiger partial charge is 0.545 e. The molecule has 1 aliphatic heterocycles. The number of ether oxygens (including phenoxy) is 1. The van der Waals surface area contributed by atoms with E-state index in [9.17, 15) is 14.7 Å². The number of aromatic carboxylic acids is 1. The van der Waals surface area contributed by atoms with Gasteiger partial charge in [-0.15, -0.1) is 5.10 Å². The monoisotopic (exact) mass is 348 g/mol. The Labute approximate surface area is 141 Å². The van der Waals surface area contributed by atoms with Gasteiger partial charge in [-0.05, 0) is 28.1 Å². The van der Waals surface area contributed by atoms with Crippen molar-refractivity contribution in [2.45, 2.75) is 5.16 Å². The lowest BCUT2D eigenvalue weighted by molar-refractivity contribution is -0.255. The van der Waals surface area contributed by atoms with Crippen LogP contribution in [0.4, 0.5) is 0 Å². The van der Waals surface area contributed by atoms with Crippen molar-refractivity contribution in [3.63, 3.8) is 0 Å². The smallest absolute Gasteiger partial charge is 0.233 e. The molecule has 0 spiro atoms. The summed E-state index contributed by atoms with van der Waals surface area (Å²) in [6.07, 6.45) is 0. The van der Waals surface area contributed by atoms with Crippen LogP contribution >= 0.6 is 11.8 Å². The molecule has 1 aromatic carbocycles. The first-order valence-electron chi connectivity index (χ1n) is 7.23. The van der Waals surface area contributed by atoms with Gasteiger partial charge in [0.05, 0.1) is 30.6 Å². The average Bonchev–Trinajstić information content (AvgIpc) is 3.09. The molecule has 1 saturated heterocycles. The molecule has 0 bridgehead atoms. The predicted octanol–water partition coefficient (Wildman–Crippen LogP) is -1.02. The van der Waals surface area contributed by atoms with E-state index in [4.69, 9.17) is 4.74 Å². The fraction of sp³-hybridized carbons (Fsp3) is 0.357. The van der Waals surface area contributed by atoms with Crippen LogP contribution in [0.15, 0.2) is 29.4 Å². The number of hydrogen-bond donors (Lipinski definition) is 0. The van der Waals surface area contributed by atoms with Crippen LogP contribution in [0.3, 0.4) is 0 Å². The number of morpholine rings is 1. The Morgan fingerprint density at radius 3 is 2.58 bits per heavy atom. The summed E-state index contributed by atoms with van der Waals surface area (Å²) in [5, 5.41) is 22.6. The maximum Gasteiger partial charge on any atom is 0.233 e. The van der Waals surface area contributed by atoms with E-state index >= 15 is 0 Å². The van der Waals surface area contributed by atoms with Crippen LogP contribution in [-0.4, -0.2) is 69.0 Å². The number of carbonyl (C=O) groups excluding carboxylic acids is 2. The van der Waals surface area contributed by atoms with Gasteiger partial charge in [0.2, 0.25) is 11.1 Å². The molecule has 24 heavy (non-hydrogen) atoms. The summed E-state index contributed by atoms with van der Waals surface area (Å²) in [4.78, 5) is 24.7. The standard InChI is InChI=1S/C14H15N5O4S/c20-12(18-5-7-23-8-6-18)9-24-14-15-16-17-19(14)11-3-1-10(2-4-11)13(21)22/h1-4H,5-9H2,(H,21,22)/p-1. The van der Waals surface area contributed by atoms with Crippen molar-refractivity contribution in [1.82, 2.24) is 25.1 Å². The van der Waals surface area contributed by atoms with Crippen LogP contribution in [0.25, 0.3) is 5.69 Å². The van der Waals surface area contributed by atoms with Crippen LogP contribution in [0, 0.1) is 0 Å². The number of thioether (sulfide) groups is 1. The maximum atomic E-state index is 12.2. The van der Waals surface area contributed by atoms with E-state index in [0.717, 1.165) is 0 Å². The topological polar surface area (TPSA) is 113 Å². The number of aromatic nitrogens is 4. The Hall–Kier alpha value is -2.46. The Morgan fingerprint density at radius 1 is 1.21 bits per heavy atom. The van der Waals surface area contributed by atoms with Gasteiger partial charge >= 0.3 is 0 Å². The molecule has 9 nitrogen and oxygen atoms in total. The quantitative estimate of drug-likeness (QED) is 0.631. The molecule has 0 aliphatic carbocycles. The minimum atomic E-state index is -1.25.